The highest BCUT2D eigenvalue weighted by Crippen LogP contribution is 2.08. The van der Waals surface area contributed by atoms with Gasteiger partial charge in [0.05, 0.1) is 6.04 Å². The molecule has 0 aromatic heterocycles. The second-order valence-corrected chi connectivity index (χ2v) is 4.87. The maximum absolute atomic E-state index is 12.0. The number of hydrogen-bond donors (Lipinski definition) is 1. The lowest BCUT2D eigenvalue weighted by molar-refractivity contribution is -0.135. The third-order valence-electron chi connectivity index (χ3n) is 2.39. The van der Waals surface area contributed by atoms with Crippen molar-refractivity contribution in [3.05, 3.63) is 0 Å². The largest absolute Gasteiger partial charge is 0.339 e. The molecule has 3 nitrogen and oxygen atoms in total. The van der Waals surface area contributed by atoms with Crippen LogP contribution in [0.2, 0.25) is 0 Å². The topological polar surface area (TPSA) is 46.3 Å². The molecule has 2 N–H and O–H groups in total. The van der Waals surface area contributed by atoms with Gasteiger partial charge in [0, 0.05) is 12.6 Å². The highest BCUT2D eigenvalue weighted by molar-refractivity contribution is 5.85. The summed E-state index contributed by atoms with van der Waals surface area (Å²) in [6.45, 7) is 11.2. The first-order valence-corrected chi connectivity index (χ1v) is 5.96. The molecule has 98 valence electrons. The van der Waals surface area contributed by atoms with Crippen LogP contribution in [0, 0.1) is 5.92 Å². The van der Waals surface area contributed by atoms with Gasteiger partial charge in [0.15, 0.2) is 0 Å². The van der Waals surface area contributed by atoms with E-state index in [0.717, 1.165) is 19.4 Å². The molecule has 4 heteroatoms. The lowest BCUT2D eigenvalue weighted by Crippen LogP contribution is -2.48. The number of carbonyl (C=O) groups excluding carboxylic acids is 1. The average molecular weight is 251 g/mol. The van der Waals surface area contributed by atoms with Gasteiger partial charge < -0.3 is 10.6 Å². The zero-order chi connectivity index (χ0) is 12.0. The summed E-state index contributed by atoms with van der Waals surface area (Å²) >= 11 is 0. The van der Waals surface area contributed by atoms with Gasteiger partial charge in [-0.25, -0.2) is 0 Å². The van der Waals surface area contributed by atoms with Crippen molar-refractivity contribution in [3.8, 4) is 0 Å². The van der Waals surface area contributed by atoms with Crippen LogP contribution in [0.1, 0.15) is 47.5 Å². The van der Waals surface area contributed by atoms with E-state index in [1.165, 1.54) is 0 Å². The van der Waals surface area contributed by atoms with Gasteiger partial charge in [0.1, 0.15) is 0 Å². The quantitative estimate of drug-likeness (QED) is 0.787. The van der Waals surface area contributed by atoms with Crippen molar-refractivity contribution in [1.82, 2.24) is 4.90 Å². The number of hydrogen-bond acceptors (Lipinski definition) is 2. The van der Waals surface area contributed by atoms with E-state index in [0.29, 0.717) is 5.92 Å². The lowest BCUT2D eigenvalue weighted by atomic mass is 10.1. The molecule has 0 radical (unpaired) electrons. The molecule has 0 fully saturated rings. The fraction of sp³-hybridized carbons (Fsp3) is 0.917. The summed E-state index contributed by atoms with van der Waals surface area (Å²) < 4.78 is 0. The van der Waals surface area contributed by atoms with Crippen molar-refractivity contribution in [2.24, 2.45) is 11.7 Å². The Kier molecular flexibility index (Phi) is 9.98. The molecule has 0 aliphatic heterocycles. The molecule has 1 amide bonds. The normalized spacial score (nSPS) is 12.5. The van der Waals surface area contributed by atoms with E-state index >= 15 is 0 Å². The molecule has 0 saturated heterocycles. The number of halogens is 1. The third-order valence-corrected chi connectivity index (χ3v) is 2.39. The fourth-order valence-corrected chi connectivity index (χ4v) is 1.60. The van der Waals surface area contributed by atoms with E-state index in [4.69, 9.17) is 5.73 Å². The van der Waals surface area contributed by atoms with E-state index in [-0.39, 0.29) is 30.4 Å². The summed E-state index contributed by atoms with van der Waals surface area (Å²) in [5.41, 5.74) is 5.85. The molecule has 1 unspecified atom stereocenters. The van der Waals surface area contributed by atoms with Crippen LogP contribution >= 0.6 is 12.4 Å². The van der Waals surface area contributed by atoms with Gasteiger partial charge in [-0.1, -0.05) is 27.2 Å². The van der Waals surface area contributed by atoms with E-state index < -0.39 is 0 Å². The van der Waals surface area contributed by atoms with Gasteiger partial charge in [-0.3, -0.25) is 4.79 Å². The third kappa shape index (κ3) is 6.33. The van der Waals surface area contributed by atoms with Gasteiger partial charge in [-0.05, 0) is 26.2 Å². The first-order chi connectivity index (χ1) is 6.90. The molecule has 1 atom stereocenters. The van der Waals surface area contributed by atoms with Crippen LogP contribution < -0.4 is 5.73 Å². The molecular formula is C12H27ClN2O. The molecule has 0 saturated carbocycles. The number of rotatable bonds is 6. The Morgan fingerprint density at radius 3 is 2.06 bits per heavy atom. The molecule has 0 bridgehead atoms. The molecule has 0 aromatic carbocycles. The summed E-state index contributed by atoms with van der Waals surface area (Å²) in [6, 6.07) is -0.0843. The van der Waals surface area contributed by atoms with Crippen LogP contribution in [0.3, 0.4) is 0 Å². The predicted molar refractivity (Wildman–Crippen MR) is 71.8 cm³/mol. The highest BCUT2D eigenvalue weighted by Gasteiger charge is 2.22. The minimum Gasteiger partial charge on any atom is -0.339 e. The van der Waals surface area contributed by atoms with Crippen LogP contribution in [-0.2, 0) is 4.79 Å². The summed E-state index contributed by atoms with van der Waals surface area (Å²) in [5.74, 6) is 0.589. The second-order valence-electron chi connectivity index (χ2n) is 4.87. The Bertz CT molecular complexity index is 195. The molecule has 0 aromatic rings. The Morgan fingerprint density at radius 2 is 1.75 bits per heavy atom. The Morgan fingerprint density at radius 1 is 1.25 bits per heavy atom. The van der Waals surface area contributed by atoms with Gasteiger partial charge in [0.25, 0.3) is 0 Å². The van der Waals surface area contributed by atoms with Crippen molar-refractivity contribution in [1.29, 1.82) is 0 Å². The van der Waals surface area contributed by atoms with E-state index in [2.05, 4.69) is 20.8 Å². The lowest BCUT2D eigenvalue weighted by Gasteiger charge is -2.30. The summed E-state index contributed by atoms with van der Waals surface area (Å²) in [6.07, 6.45) is 1.74. The monoisotopic (exact) mass is 250 g/mol. The standard InChI is InChI=1S/C12H26N2O.ClH/c1-6-7-11(13)12(15)14(10(4)5)8-9(2)3;/h9-11H,6-8,13H2,1-5H3;1H. The molecule has 0 aliphatic rings. The zero-order valence-electron chi connectivity index (χ0n) is 11.2. The van der Waals surface area contributed by atoms with Crippen molar-refractivity contribution < 1.29 is 4.79 Å². The molecule has 0 heterocycles. The van der Waals surface area contributed by atoms with Gasteiger partial charge in [0.2, 0.25) is 5.91 Å². The average Bonchev–Trinajstić information content (AvgIpc) is 2.12. The zero-order valence-corrected chi connectivity index (χ0v) is 12.0. The molecule has 0 aliphatic carbocycles. The summed E-state index contributed by atoms with van der Waals surface area (Å²) in [5, 5.41) is 0. The highest BCUT2D eigenvalue weighted by atomic mass is 35.5. The SMILES string of the molecule is CCCC(N)C(=O)N(CC(C)C)C(C)C.Cl. The molecule has 16 heavy (non-hydrogen) atoms. The second kappa shape index (κ2) is 8.82. The Labute approximate surface area is 106 Å². The smallest absolute Gasteiger partial charge is 0.239 e. The number of nitrogens with two attached hydrogens (primary N) is 1. The van der Waals surface area contributed by atoms with Crippen LogP contribution in [0.25, 0.3) is 0 Å². The van der Waals surface area contributed by atoms with Crippen LogP contribution in [0.4, 0.5) is 0 Å². The molecule has 0 rings (SSSR count). The Balaban J connectivity index is 0. The van der Waals surface area contributed by atoms with Crippen molar-refractivity contribution in [3.63, 3.8) is 0 Å². The number of amides is 1. The van der Waals surface area contributed by atoms with Crippen LogP contribution in [0.15, 0.2) is 0 Å². The first-order valence-electron chi connectivity index (χ1n) is 5.96. The fourth-order valence-electron chi connectivity index (χ4n) is 1.60. The van der Waals surface area contributed by atoms with E-state index in [1.807, 2.05) is 18.7 Å². The maximum Gasteiger partial charge on any atom is 0.239 e. The predicted octanol–water partition coefficient (Wildman–Crippen LogP) is 2.43. The minimum absolute atomic E-state index is 0. The molecule has 0 spiro atoms. The minimum atomic E-state index is -0.323. The van der Waals surface area contributed by atoms with Crippen molar-refractivity contribution in [2.45, 2.75) is 59.5 Å². The number of carbonyl (C=O) groups is 1. The van der Waals surface area contributed by atoms with E-state index in [9.17, 15) is 4.79 Å². The van der Waals surface area contributed by atoms with E-state index in [1.54, 1.807) is 0 Å². The van der Waals surface area contributed by atoms with Gasteiger partial charge in [-0.2, -0.15) is 0 Å². The van der Waals surface area contributed by atoms with Gasteiger partial charge >= 0.3 is 0 Å². The molecular weight excluding hydrogens is 224 g/mol. The summed E-state index contributed by atoms with van der Waals surface area (Å²) in [4.78, 5) is 13.9. The Hall–Kier alpha value is -0.280. The maximum atomic E-state index is 12.0. The number of nitrogens with zero attached hydrogens (tertiary/aromatic N) is 1. The van der Waals surface area contributed by atoms with Gasteiger partial charge in [-0.15, -0.1) is 12.4 Å². The first kappa shape index (κ1) is 18.1. The van der Waals surface area contributed by atoms with Crippen LogP contribution in [-0.4, -0.2) is 29.4 Å². The van der Waals surface area contributed by atoms with Crippen molar-refractivity contribution >= 4 is 18.3 Å². The van der Waals surface area contributed by atoms with Crippen LogP contribution in [0.5, 0.6) is 0 Å². The van der Waals surface area contributed by atoms with Crippen molar-refractivity contribution in [2.75, 3.05) is 6.54 Å². The summed E-state index contributed by atoms with van der Waals surface area (Å²) in [7, 11) is 0.